The number of nitrogens with zero attached hydrogens (tertiary/aromatic N) is 2. The average Bonchev–Trinajstić information content (AvgIpc) is 3.39. The Kier molecular flexibility index (Phi) is 5.52. The van der Waals surface area contributed by atoms with Gasteiger partial charge in [0, 0.05) is 45.6 Å². The fraction of sp³-hybridized carbons (Fsp3) is 0.929. The minimum atomic E-state index is -0.417. The molecule has 0 bridgehead atoms. The van der Waals surface area contributed by atoms with Gasteiger partial charge in [0.1, 0.15) is 5.78 Å². The van der Waals surface area contributed by atoms with Crippen LogP contribution in [0.5, 0.6) is 0 Å². The monoisotopic (exact) mass is 472 g/mol. The van der Waals surface area contributed by atoms with Crippen LogP contribution < -0.4 is 0 Å². The summed E-state index contributed by atoms with van der Waals surface area (Å²) in [7, 11) is 0. The molecule has 6 heteroatoms. The number of piperazine rings is 1. The summed E-state index contributed by atoms with van der Waals surface area (Å²) in [5.74, 6) is 3.42. The lowest BCUT2D eigenvalue weighted by atomic mass is 9.44. The van der Waals surface area contributed by atoms with E-state index in [1.165, 1.54) is 6.42 Å². The first kappa shape index (κ1) is 23.4. The topological polar surface area (TPSA) is 81.1 Å². The first-order chi connectivity index (χ1) is 16.2. The van der Waals surface area contributed by atoms with Crippen molar-refractivity contribution >= 4 is 11.7 Å². The normalized spacial score (nSPS) is 50.1. The van der Waals surface area contributed by atoms with Gasteiger partial charge in [-0.2, -0.15) is 0 Å². The van der Waals surface area contributed by atoms with E-state index in [1.807, 2.05) is 4.90 Å². The lowest BCUT2D eigenvalue weighted by molar-refractivity contribution is -0.159. The Morgan fingerprint density at radius 3 is 2.32 bits per heavy atom. The standard InChI is InChI=1S/C28H44N2O4/c1-18(32)30-13-11-29(12-14-30)16-25(33)23-6-5-20-19-3-4-22-24-15-28(24,34)10-9-27(22,17-31)21(19)7-8-26(20,23)2/h19-24,31,34H,3-17H2,1-2H3/t19-,20-,21-,22-,23+,24?,26-,27-,28-/m0/s1. The van der Waals surface area contributed by atoms with Gasteiger partial charge in [-0.05, 0) is 98.2 Å². The summed E-state index contributed by atoms with van der Waals surface area (Å²) in [4.78, 5) is 29.4. The van der Waals surface area contributed by atoms with Gasteiger partial charge in [0.15, 0.2) is 0 Å². The Bertz CT molecular complexity index is 855. The van der Waals surface area contributed by atoms with E-state index in [1.54, 1.807) is 6.92 Å². The molecule has 0 radical (unpaired) electrons. The molecule has 0 aromatic rings. The summed E-state index contributed by atoms with van der Waals surface area (Å²) in [5, 5.41) is 21.6. The molecule has 0 aromatic heterocycles. The summed E-state index contributed by atoms with van der Waals surface area (Å²) in [6, 6.07) is 0. The van der Waals surface area contributed by atoms with Crippen LogP contribution in [0.4, 0.5) is 0 Å². The molecule has 6 nitrogen and oxygen atoms in total. The van der Waals surface area contributed by atoms with Gasteiger partial charge in [-0.1, -0.05) is 6.92 Å². The summed E-state index contributed by atoms with van der Waals surface area (Å²) in [5.41, 5.74) is -0.311. The van der Waals surface area contributed by atoms with Gasteiger partial charge in [0.25, 0.3) is 0 Å². The lowest BCUT2D eigenvalue weighted by Gasteiger charge is -2.61. The highest BCUT2D eigenvalue weighted by Crippen LogP contribution is 2.72. The van der Waals surface area contributed by atoms with Crippen LogP contribution in [-0.2, 0) is 9.59 Å². The lowest BCUT2D eigenvalue weighted by Crippen LogP contribution is -2.57. The Morgan fingerprint density at radius 1 is 0.882 bits per heavy atom. The smallest absolute Gasteiger partial charge is 0.219 e. The van der Waals surface area contributed by atoms with E-state index in [4.69, 9.17) is 0 Å². The molecule has 0 aromatic carbocycles. The maximum atomic E-state index is 13.6. The molecular weight excluding hydrogens is 428 g/mol. The SMILES string of the molecule is CC(=O)N1CCN(CC(=O)[C@H]2CC[C@H]3[C@@H]4CC[C@H]5C6C[C@@]6(O)CC[C@]5(CO)[C@H]4CC[C@]23C)CC1. The van der Waals surface area contributed by atoms with Crippen molar-refractivity contribution in [3.63, 3.8) is 0 Å². The summed E-state index contributed by atoms with van der Waals surface area (Å²) >= 11 is 0. The second-order valence-electron chi connectivity index (χ2n) is 13.3. The first-order valence-corrected chi connectivity index (χ1v) is 14.1. The molecular formula is C28H44N2O4. The van der Waals surface area contributed by atoms with E-state index in [-0.39, 0.29) is 29.3 Å². The van der Waals surface area contributed by atoms with Gasteiger partial charge in [-0.15, -0.1) is 0 Å². The Hall–Kier alpha value is -0.980. The molecule has 2 N–H and O–H groups in total. The van der Waals surface area contributed by atoms with E-state index in [9.17, 15) is 19.8 Å². The van der Waals surface area contributed by atoms with E-state index in [0.29, 0.717) is 41.9 Å². The highest BCUT2D eigenvalue weighted by Gasteiger charge is 2.70. The number of fused-ring (bicyclic) bond motifs is 7. The Morgan fingerprint density at radius 2 is 1.62 bits per heavy atom. The van der Waals surface area contributed by atoms with Crippen LogP contribution in [0.2, 0.25) is 0 Å². The maximum absolute atomic E-state index is 13.6. The summed E-state index contributed by atoms with van der Waals surface area (Å²) in [6.45, 7) is 7.93. The molecule has 9 atom stereocenters. The van der Waals surface area contributed by atoms with Crippen molar-refractivity contribution in [1.29, 1.82) is 0 Å². The minimum absolute atomic E-state index is 0.0100. The molecule has 1 aliphatic heterocycles. The number of hydrogen-bond acceptors (Lipinski definition) is 5. The predicted octanol–water partition coefficient (Wildman–Crippen LogP) is 2.71. The molecule has 1 saturated heterocycles. The molecule has 5 aliphatic carbocycles. The first-order valence-electron chi connectivity index (χ1n) is 14.1. The minimum Gasteiger partial charge on any atom is -0.396 e. The van der Waals surface area contributed by atoms with Crippen LogP contribution in [0, 0.1) is 46.3 Å². The molecule has 1 amide bonds. The zero-order valence-corrected chi connectivity index (χ0v) is 21.2. The van der Waals surface area contributed by atoms with E-state index in [2.05, 4.69) is 11.8 Å². The predicted molar refractivity (Wildman–Crippen MR) is 129 cm³/mol. The van der Waals surface area contributed by atoms with Crippen LogP contribution in [0.25, 0.3) is 0 Å². The van der Waals surface area contributed by atoms with Crippen LogP contribution in [0.1, 0.15) is 71.6 Å². The Labute approximate surface area is 204 Å². The van der Waals surface area contributed by atoms with Crippen molar-refractivity contribution in [1.82, 2.24) is 9.80 Å². The number of hydrogen-bond donors (Lipinski definition) is 2. The fourth-order valence-corrected chi connectivity index (χ4v) is 10.3. The van der Waals surface area contributed by atoms with Gasteiger partial charge in [0.05, 0.1) is 12.1 Å². The third-order valence-corrected chi connectivity index (χ3v) is 12.2. The number of carbonyl (C=O) groups excluding carboxylic acids is 2. The van der Waals surface area contributed by atoms with E-state index in [0.717, 1.165) is 77.5 Å². The maximum Gasteiger partial charge on any atom is 0.219 e. The fourth-order valence-electron chi connectivity index (χ4n) is 10.3. The number of ketones is 1. The molecule has 0 spiro atoms. The number of rotatable bonds is 4. The van der Waals surface area contributed by atoms with Crippen LogP contribution in [0.15, 0.2) is 0 Å². The van der Waals surface area contributed by atoms with Crippen molar-refractivity contribution in [2.45, 2.75) is 77.2 Å². The molecule has 1 unspecified atom stereocenters. The van der Waals surface area contributed by atoms with Gasteiger partial charge in [-0.25, -0.2) is 0 Å². The van der Waals surface area contributed by atoms with Crippen LogP contribution >= 0.6 is 0 Å². The van der Waals surface area contributed by atoms with Gasteiger partial charge in [0.2, 0.25) is 5.91 Å². The highest BCUT2D eigenvalue weighted by molar-refractivity contribution is 5.84. The number of aliphatic hydroxyl groups excluding tert-OH is 1. The quantitative estimate of drug-likeness (QED) is 0.658. The molecule has 6 aliphatic rings. The molecule has 6 fully saturated rings. The van der Waals surface area contributed by atoms with Crippen molar-refractivity contribution in [3.8, 4) is 0 Å². The molecule has 190 valence electrons. The van der Waals surface area contributed by atoms with Crippen LogP contribution in [0.3, 0.4) is 0 Å². The molecule has 34 heavy (non-hydrogen) atoms. The third kappa shape index (κ3) is 3.30. The second-order valence-corrected chi connectivity index (χ2v) is 13.3. The van der Waals surface area contributed by atoms with Crippen molar-refractivity contribution < 1.29 is 19.8 Å². The largest absolute Gasteiger partial charge is 0.396 e. The van der Waals surface area contributed by atoms with Gasteiger partial charge in [-0.3, -0.25) is 14.5 Å². The number of Topliss-reactive ketones (excluding diaryl/α,β-unsaturated/α-hetero) is 1. The van der Waals surface area contributed by atoms with Gasteiger partial charge >= 0.3 is 0 Å². The summed E-state index contributed by atoms with van der Waals surface area (Å²) < 4.78 is 0. The highest BCUT2D eigenvalue weighted by atomic mass is 16.3. The number of carbonyl (C=O) groups is 2. The van der Waals surface area contributed by atoms with Crippen molar-refractivity contribution in [2.75, 3.05) is 39.3 Å². The number of amides is 1. The number of aliphatic hydroxyl groups is 2. The second kappa shape index (κ2) is 8.01. The van der Waals surface area contributed by atoms with Crippen LogP contribution in [-0.4, -0.2) is 76.6 Å². The zero-order valence-electron chi connectivity index (χ0n) is 21.2. The van der Waals surface area contributed by atoms with E-state index < -0.39 is 5.60 Å². The Balaban J connectivity index is 1.15. The molecule has 1 heterocycles. The van der Waals surface area contributed by atoms with Crippen molar-refractivity contribution in [2.24, 2.45) is 46.3 Å². The molecule has 5 saturated carbocycles. The van der Waals surface area contributed by atoms with E-state index >= 15 is 0 Å². The van der Waals surface area contributed by atoms with Gasteiger partial charge < -0.3 is 15.1 Å². The summed E-state index contributed by atoms with van der Waals surface area (Å²) in [6.07, 6.45) is 9.61. The van der Waals surface area contributed by atoms with Crippen molar-refractivity contribution in [3.05, 3.63) is 0 Å². The average molecular weight is 473 g/mol. The third-order valence-electron chi connectivity index (χ3n) is 12.2. The molecule has 6 rings (SSSR count). The zero-order chi connectivity index (χ0) is 23.9.